The summed E-state index contributed by atoms with van der Waals surface area (Å²) >= 11 is 0. The van der Waals surface area contributed by atoms with E-state index in [1.54, 1.807) is 20.8 Å². The van der Waals surface area contributed by atoms with Gasteiger partial charge in [-0.1, -0.05) is 25.5 Å². The summed E-state index contributed by atoms with van der Waals surface area (Å²) in [7, 11) is 0. The Morgan fingerprint density at radius 3 is 2.44 bits per heavy atom. The molecule has 0 aliphatic heterocycles. The van der Waals surface area contributed by atoms with Gasteiger partial charge in [0.05, 0.1) is 0 Å². The molecule has 3 N–H and O–H groups in total. The topological polar surface area (TPSA) is 96.5 Å². The molecule has 0 atom stereocenters. The number of unbranched alkanes of at least 4 members (excludes halogenated alkanes) is 1. The minimum Gasteiger partial charge on any atom is -0.444 e. The number of nitrogens with one attached hydrogen (secondary N) is 3. The molecule has 0 saturated carbocycles. The van der Waals surface area contributed by atoms with Gasteiger partial charge < -0.3 is 20.7 Å². The number of ether oxygens (including phenoxy) is 1. The maximum atomic E-state index is 11.9. The SMILES string of the molecule is CCCCC(=O)Nc1cccc(CNC(=O)CCNC(=O)OC(C)(C)C)c1. The Balaban J connectivity index is 2.34. The Kier molecular flexibility index (Phi) is 9.33. The van der Waals surface area contributed by atoms with E-state index in [2.05, 4.69) is 16.0 Å². The molecule has 150 valence electrons. The van der Waals surface area contributed by atoms with Crippen LogP contribution in [-0.2, 0) is 20.9 Å². The molecule has 0 fully saturated rings. The van der Waals surface area contributed by atoms with Crippen LogP contribution in [0.4, 0.5) is 10.5 Å². The fourth-order valence-corrected chi connectivity index (χ4v) is 2.20. The summed E-state index contributed by atoms with van der Waals surface area (Å²) in [5.74, 6) is -0.185. The smallest absolute Gasteiger partial charge is 0.407 e. The van der Waals surface area contributed by atoms with Crippen LogP contribution in [-0.4, -0.2) is 30.1 Å². The molecule has 0 spiro atoms. The first-order valence-electron chi connectivity index (χ1n) is 9.32. The van der Waals surface area contributed by atoms with E-state index in [9.17, 15) is 14.4 Å². The summed E-state index contributed by atoms with van der Waals surface area (Å²) in [6, 6.07) is 7.37. The van der Waals surface area contributed by atoms with Crippen molar-refractivity contribution in [1.29, 1.82) is 0 Å². The highest BCUT2D eigenvalue weighted by molar-refractivity contribution is 5.90. The number of hydrogen-bond acceptors (Lipinski definition) is 4. The van der Waals surface area contributed by atoms with Crippen LogP contribution in [0.1, 0.15) is 58.9 Å². The molecule has 0 aliphatic carbocycles. The van der Waals surface area contributed by atoms with Gasteiger partial charge in [-0.05, 0) is 44.9 Å². The number of carbonyl (C=O) groups excluding carboxylic acids is 3. The standard InChI is InChI=1S/C20H31N3O4/c1-5-6-10-18(25)23-16-9-7-8-15(13-16)14-22-17(24)11-12-21-19(26)27-20(2,3)4/h7-9,13H,5-6,10-12,14H2,1-4H3,(H,21,26)(H,22,24)(H,23,25). The molecule has 7 nitrogen and oxygen atoms in total. The van der Waals surface area contributed by atoms with Crippen molar-refractivity contribution in [3.05, 3.63) is 29.8 Å². The van der Waals surface area contributed by atoms with Crippen molar-refractivity contribution in [3.8, 4) is 0 Å². The van der Waals surface area contributed by atoms with Crippen molar-refractivity contribution in [1.82, 2.24) is 10.6 Å². The molecule has 0 radical (unpaired) electrons. The largest absolute Gasteiger partial charge is 0.444 e. The highest BCUT2D eigenvalue weighted by atomic mass is 16.6. The Morgan fingerprint density at radius 2 is 1.78 bits per heavy atom. The molecule has 0 aliphatic rings. The number of anilines is 1. The van der Waals surface area contributed by atoms with Gasteiger partial charge in [-0.25, -0.2) is 4.79 Å². The maximum absolute atomic E-state index is 11.9. The maximum Gasteiger partial charge on any atom is 0.407 e. The Bertz CT molecular complexity index is 638. The van der Waals surface area contributed by atoms with Gasteiger partial charge in [-0.2, -0.15) is 0 Å². The van der Waals surface area contributed by atoms with Crippen molar-refractivity contribution in [2.45, 2.75) is 65.5 Å². The fraction of sp³-hybridized carbons (Fsp3) is 0.550. The first-order valence-corrected chi connectivity index (χ1v) is 9.32. The van der Waals surface area contributed by atoms with Crippen LogP contribution in [0.15, 0.2) is 24.3 Å². The summed E-state index contributed by atoms with van der Waals surface area (Å²) in [6.45, 7) is 7.93. The predicted octanol–water partition coefficient (Wildman–Crippen LogP) is 3.35. The average molecular weight is 377 g/mol. The third-order valence-corrected chi connectivity index (χ3v) is 3.48. The number of rotatable bonds is 9. The van der Waals surface area contributed by atoms with Gasteiger partial charge in [0.1, 0.15) is 5.60 Å². The summed E-state index contributed by atoms with van der Waals surface area (Å²) in [6.07, 6.45) is 1.96. The minimum absolute atomic E-state index is 0.00810. The second kappa shape index (κ2) is 11.2. The van der Waals surface area contributed by atoms with E-state index < -0.39 is 11.7 Å². The monoisotopic (exact) mass is 377 g/mol. The number of alkyl carbamates (subject to hydrolysis) is 1. The van der Waals surface area contributed by atoms with Gasteiger partial charge in [-0.3, -0.25) is 9.59 Å². The van der Waals surface area contributed by atoms with Crippen molar-refractivity contribution in [2.75, 3.05) is 11.9 Å². The van der Waals surface area contributed by atoms with Crippen LogP contribution in [0.5, 0.6) is 0 Å². The molecule has 0 aromatic heterocycles. The number of carbonyl (C=O) groups is 3. The Labute approximate surface area is 161 Å². The van der Waals surface area contributed by atoms with Crippen LogP contribution >= 0.6 is 0 Å². The Hall–Kier alpha value is -2.57. The van der Waals surface area contributed by atoms with Crippen LogP contribution in [0, 0.1) is 0 Å². The Morgan fingerprint density at radius 1 is 1.04 bits per heavy atom. The van der Waals surface area contributed by atoms with Crippen molar-refractivity contribution < 1.29 is 19.1 Å². The fourth-order valence-electron chi connectivity index (χ4n) is 2.20. The van der Waals surface area contributed by atoms with Crippen molar-refractivity contribution >= 4 is 23.6 Å². The molecule has 0 bridgehead atoms. The first-order chi connectivity index (χ1) is 12.7. The molecule has 27 heavy (non-hydrogen) atoms. The van der Waals surface area contributed by atoms with Gasteiger partial charge >= 0.3 is 6.09 Å². The van der Waals surface area contributed by atoms with Crippen molar-refractivity contribution in [2.24, 2.45) is 0 Å². The number of benzene rings is 1. The molecule has 7 heteroatoms. The lowest BCUT2D eigenvalue weighted by molar-refractivity contribution is -0.121. The zero-order valence-electron chi connectivity index (χ0n) is 16.7. The van der Waals surface area contributed by atoms with Gasteiger partial charge in [0.2, 0.25) is 11.8 Å². The summed E-state index contributed by atoms with van der Waals surface area (Å²) in [4.78, 5) is 35.2. The molecule has 3 amide bonds. The lowest BCUT2D eigenvalue weighted by atomic mass is 10.2. The molecule has 1 aromatic carbocycles. The molecule has 0 heterocycles. The predicted molar refractivity (Wildman–Crippen MR) is 105 cm³/mol. The number of amides is 3. The summed E-state index contributed by atoms with van der Waals surface area (Å²) in [5.41, 5.74) is 1.04. The highest BCUT2D eigenvalue weighted by Crippen LogP contribution is 2.11. The summed E-state index contributed by atoms with van der Waals surface area (Å²) in [5, 5.41) is 8.20. The van der Waals surface area contributed by atoms with E-state index in [0.29, 0.717) is 13.0 Å². The van der Waals surface area contributed by atoms with Crippen LogP contribution < -0.4 is 16.0 Å². The minimum atomic E-state index is -0.566. The van der Waals surface area contributed by atoms with E-state index in [1.807, 2.05) is 31.2 Å². The average Bonchev–Trinajstić information content (AvgIpc) is 2.57. The van der Waals surface area contributed by atoms with Gasteiger partial charge in [0.15, 0.2) is 0 Å². The van der Waals surface area contributed by atoms with E-state index in [4.69, 9.17) is 4.74 Å². The zero-order valence-corrected chi connectivity index (χ0v) is 16.7. The zero-order chi connectivity index (χ0) is 20.3. The highest BCUT2D eigenvalue weighted by Gasteiger charge is 2.15. The molecular weight excluding hydrogens is 346 g/mol. The second-order valence-corrected chi connectivity index (χ2v) is 7.31. The van der Waals surface area contributed by atoms with Gasteiger partial charge in [0.25, 0.3) is 0 Å². The first kappa shape index (κ1) is 22.5. The normalized spacial score (nSPS) is 10.8. The lowest BCUT2D eigenvalue weighted by Gasteiger charge is -2.19. The molecular formula is C20H31N3O4. The lowest BCUT2D eigenvalue weighted by Crippen LogP contribution is -2.35. The van der Waals surface area contributed by atoms with Crippen LogP contribution in [0.3, 0.4) is 0 Å². The van der Waals surface area contributed by atoms with E-state index in [1.165, 1.54) is 0 Å². The second-order valence-electron chi connectivity index (χ2n) is 7.31. The third-order valence-electron chi connectivity index (χ3n) is 3.48. The quantitative estimate of drug-likeness (QED) is 0.615. The van der Waals surface area contributed by atoms with Gasteiger partial charge in [-0.15, -0.1) is 0 Å². The summed E-state index contributed by atoms with van der Waals surface area (Å²) < 4.78 is 5.10. The van der Waals surface area contributed by atoms with Crippen LogP contribution in [0.2, 0.25) is 0 Å². The van der Waals surface area contributed by atoms with E-state index >= 15 is 0 Å². The molecule has 1 aromatic rings. The van der Waals surface area contributed by atoms with Gasteiger partial charge in [0, 0.05) is 31.6 Å². The van der Waals surface area contributed by atoms with E-state index in [0.717, 1.165) is 24.1 Å². The van der Waals surface area contributed by atoms with E-state index in [-0.39, 0.29) is 24.8 Å². The van der Waals surface area contributed by atoms with Crippen molar-refractivity contribution in [3.63, 3.8) is 0 Å². The molecule has 1 rings (SSSR count). The third kappa shape index (κ3) is 10.9. The molecule has 0 unspecified atom stereocenters. The van der Waals surface area contributed by atoms with Crippen LogP contribution in [0.25, 0.3) is 0 Å². The molecule has 0 saturated heterocycles. The number of hydrogen-bond donors (Lipinski definition) is 3.